The Hall–Kier alpha value is -0.260. The largest absolute Gasteiger partial charge is 0.480 e. The Morgan fingerprint density at radius 1 is 1.60 bits per heavy atom. The van der Waals surface area contributed by atoms with Crippen LogP contribution in [0.4, 0.5) is 0 Å². The smallest absolute Gasteiger partial charge is 0.320 e. The lowest BCUT2D eigenvalue weighted by molar-refractivity contribution is -0.138. The van der Waals surface area contributed by atoms with E-state index in [9.17, 15) is 4.79 Å². The number of ether oxygens (including phenoxy) is 1. The maximum Gasteiger partial charge on any atom is 0.320 e. The van der Waals surface area contributed by atoms with Gasteiger partial charge in [0.15, 0.2) is 0 Å². The molecule has 2 unspecified atom stereocenters. The average Bonchev–Trinajstić information content (AvgIpc) is 2.25. The third kappa shape index (κ3) is 5.39. The van der Waals surface area contributed by atoms with Gasteiger partial charge in [-0.1, -0.05) is 0 Å². The fraction of sp³-hybridized carbons (Fsp3) is 0.900. The number of rotatable bonds is 6. The van der Waals surface area contributed by atoms with Gasteiger partial charge >= 0.3 is 5.97 Å². The molecule has 0 radical (unpaired) electrons. The van der Waals surface area contributed by atoms with E-state index in [-0.39, 0.29) is 0 Å². The Balaban J connectivity index is 1.98. The summed E-state index contributed by atoms with van der Waals surface area (Å²) in [6.45, 7) is 0.875. The zero-order valence-corrected chi connectivity index (χ0v) is 9.67. The van der Waals surface area contributed by atoms with Crippen LogP contribution in [0, 0.1) is 0 Å². The molecule has 3 N–H and O–H groups in total. The Labute approximate surface area is 94.6 Å². The van der Waals surface area contributed by atoms with Crippen LogP contribution in [0.1, 0.15) is 25.7 Å². The van der Waals surface area contributed by atoms with Crippen LogP contribution >= 0.6 is 11.8 Å². The van der Waals surface area contributed by atoms with Crippen molar-refractivity contribution in [1.82, 2.24) is 0 Å². The van der Waals surface area contributed by atoms with Crippen LogP contribution in [0.25, 0.3) is 0 Å². The van der Waals surface area contributed by atoms with Gasteiger partial charge in [-0.2, -0.15) is 11.8 Å². The van der Waals surface area contributed by atoms with Crippen molar-refractivity contribution in [3.05, 3.63) is 0 Å². The van der Waals surface area contributed by atoms with Gasteiger partial charge in [-0.25, -0.2) is 0 Å². The normalized spacial score (nSPS) is 23.7. The van der Waals surface area contributed by atoms with Crippen LogP contribution in [-0.4, -0.2) is 41.3 Å². The van der Waals surface area contributed by atoms with E-state index in [0.717, 1.165) is 24.5 Å². The first-order chi connectivity index (χ1) is 7.20. The lowest BCUT2D eigenvalue weighted by Gasteiger charge is -2.22. The van der Waals surface area contributed by atoms with Gasteiger partial charge in [0.25, 0.3) is 0 Å². The zero-order valence-electron chi connectivity index (χ0n) is 8.85. The molecule has 0 spiro atoms. The Morgan fingerprint density at radius 2 is 2.40 bits per heavy atom. The summed E-state index contributed by atoms with van der Waals surface area (Å²) in [6.07, 6.45) is 4.46. The summed E-state index contributed by atoms with van der Waals surface area (Å²) in [7, 11) is 0. The quantitative estimate of drug-likeness (QED) is 0.672. The summed E-state index contributed by atoms with van der Waals surface area (Å²) in [5.41, 5.74) is 5.39. The molecule has 2 atom stereocenters. The van der Waals surface area contributed by atoms with Crippen LogP contribution in [0.2, 0.25) is 0 Å². The minimum Gasteiger partial charge on any atom is -0.480 e. The van der Waals surface area contributed by atoms with Crippen LogP contribution in [0.3, 0.4) is 0 Å². The van der Waals surface area contributed by atoms with E-state index in [2.05, 4.69) is 0 Å². The zero-order chi connectivity index (χ0) is 11.1. The van der Waals surface area contributed by atoms with Crippen molar-refractivity contribution in [2.24, 2.45) is 5.73 Å². The predicted molar refractivity (Wildman–Crippen MR) is 61.1 cm³/mol. The number of hydrogen-bond acceptors (Lipinski definition) is 4. The van der Waals surface area contributed by atoms with Crippen LogP contribution < -0.4 is 5.73 Å². The van der Waals surface area contributed by atoms with Gasteiger partial charge in [0, 0.05) is 12.4 Å². The molecule has 0 aliphatic carbocycles. The number of carbonyl (C=O) groups is 1. The van der Waals surface area contributed by atoms with Gasteiger partial charge in [-0.05, 0) is 31.4 Å². The van der Waals surface area contributed by atoms with Gasteiger partial charge in [0.05, 0.1) is 6.10 Å². The number of hydrogen-bond donors (Lipinski definition) is 2. The Bertz CT molecular complexity index is 195. The summed E-state index contributed by atoms with van der Waals surface area (Å²) in [5.74, 6) is 0.851. The number of aliphatic carboxylic acids is 1. The fourth-order valence-electron chi connectivity index (χ4n) is 1.49. The monoisotopic (exact) mass is 233 g/mol. The molecule has 15 heavy (non-hydrogen) atoms. The number of carboxylic acid groups (broad SMARTS) is 1. The minimum absolute atomic E-state index is 0.366. The van der Waals surface area contributed by atoms with E-state index in [1.165, 1.54) is 12.8 Å². The summed E-state index contributed by atoms with van der Waals surface area (Å²) < 4.78 is 5.56. The minimum atomic E-state index is -0.912. The molecular formula is C10H19NO3S. The van der Waals surface area contributed by atoms with Crippen molar-refractivity contribution in [3.8, 4) is 0 Å². The highest BCUT2D eigenvalue weighted by Crippen LogP contribution is 2.17. The van der Waals surface area contributed by atoms with E-state index in [4.69, 9.17) is 15.6 Å². The molecule has 5 heteroatoms. The molecule has 0 aromatic heterocycles. The second-order valence-corrected chi connectivity index (χ2v) is 4.95. The molecule has 1 heterocycles. The van der Waals surface area contributed by atoms with Crippen molar-refractivity contribution in [1.29, 1.82) is 0 Å². The van der Waals surface area contributed by atoms with Crippen molar-refractivity contribution < 1.29 is 14.6 Å². The molecule has 1 fully saturated rings. The fourth-order valence-corrected chi connectivity index (χ4v) is 2.60. The first-order valence-electron chi connectivity index (χ1n) is 5.38. The molecule has 1 rings (SSSR count). The number of nitrogens with two attached hydrogens (primary N) is 1. The molecule has 0 aromatic carbocycles. The lowest BCUT2D eigenvalue weighted by atomic mass is 10.1. The molecule has 0 aromatic rings. The molecular weight excluding hydrogens is 214 g/mol. The van der Waals surface area contributed by atoms with Crippen molar-refractivity contribution >= 4 is 17.7 Å². The topological polar surface area (TPSA) is 72.5 Å². The molecule has 4 nitrogen and oxygen atoms in total. The summed E-state index contributed by atoms with van der Waals surface area (Å²) in [5, 5.41) is 8.57. The third-order valence-corrected chi connectivity index (χ3v) is 3.60. The van der Waals surface area contributed by atoms with E-state index in [0.29, 0.717) is 12.5 Å². The number of carboxylic acids is 1. The van der Waals surface area contributed by atoms with E-state index >= 15 is 0 Å². The van der Waals surface area contributed by atoms with Crippen molar-refractivity contribution in [2.45, 2.75) is 37.8 Å². The maximum absolute atomic E-state index is 10.4. The predicted octanol–water partition coefficient (Wildman–Crippen LogP) is 1.09. The van der Waals surface area contributed by atoms with E-state index in [1.807, 2.05) is 0 Å². The van der Waals surface area contributed by atoms with E-state index < -0.39 is 12.0 Å². The van der Waals surface area contributed by atoms with Crippen molar-refractivity contribution in [2.75, 3.05) is 18.1 Å². The van der Waals surface area contributed by atoms with Crippen LogP contribution in [0.5, 0.6) is 0 Å². The Kier molecular flexibility index (Phi) is 6.05. The van der Waals surface area contributed by atoms with Gasteiger partial charge < -0.3 is 15.6 Å². The molecule has 1 aliphatic heterocycles. The molecule has 0 amide bonds. The maximum atomic E-state index is 10.4. The van der Waals surface area contributed by atoms with Gasteiger partial charge in [-0.3, -0.25) is 4.79 Å². The second kappa shape index (κ2) is 7.09. The first-order valence-corrected chi connectivity index (χ1v) is 6.53. The van der Waals surface area contributed by atoms with E-state index in [1.54, 1.807) is 11.8 Å². The molecule has 1 saturated heterocycles. The molecule has 0 saturated carbocycles. The van der Waals surface area contributed by atoms with Crippen LogP contribution in [0.15, 0.2) is 0 Å². The van der Waals surface area contributed by atoms with Crippen LogP contribution in [-0.2, 0) is 9.53 Å². The Morgan fingerprint density at radius 3 is 3.00 bits per heavy atom. The SMILES string of the molecule is NC(CCSCC1CCCCO1)C(=O)O. The third-order valence-electron chi connectivity index (χ3n) is 2.47. The molecule has 1 aliphatic rings. The summed E-state index contributed by atoms with van der Waals surface area (Å²) in [4.78, 5) is 10.4. The number of thioether (sulfide) groups is 1. The van der Waals surface area contributed by atoms with Gasteiger partial charge in [-0.15, -0.1) is 0 Å². The first kappa shape index (κ1) is 12.8. The summed E-state index contributed by atoms with van der Waals surface area (Å²) >= 11 is 1.74. The average molecular weight is 233 g/mol. The molecule has 0 bridgehead atoms. The molecule has 88 valence electrons. The highest BCUT2D eigenvalue weighted by molar-refractivity contribution is 7.99. The highest BCUT2D eigenvalue weighted by Gasteiger charge is 2.14. The summed E-state index contributed by atoms with van der Waals surface area (Å²) in [6, 6.07) is -0.718. The van der Waals surface area contributed by atoms with Crippen molar-refractivity contribution in [3.63, 3.8) is 0 Å². The van der Waals surface area contributed by atoms with Gasteiger partial charge in [0.2, 0.25) is 0 Å². The lowest BCUT2D eigenvalue weighted by Crippen LogP contribution is -2.30. The highest BCUT2D eigenvalue weighted by atomic mass is 32.2. The second-order valence-electron chi connectivity index (χ2n) is 3.80. The standard InChI is InChI=1S/C10H19NO3S/c11-9(10(12)13)4-6-15-7-8-3-1-2-5-14-8/h8-9H,1-7,11H2,(H,12,13). The van der Waals surface area contributed by atoms with Gasteiger partial charge in [0.1, 0.15) is 6.04 Å².